The normalized spacial score (nSPS) is 10.9. The second kappa shape index (κ2) is 3.74. The highest BCUT2D eigenvalue weighted by Crippen LogP contribution is 2.32. The Hall–Kier alpha value is -2.55. The molecule has 0 amide bonds. The van der Waals surface area contributed by atoms with E-state index in [2.05, 4.69) is 0 Å². The van der Waals surface area contributed by atoms with Crippen LogP contribution < -0.4 is 0 Å². The molecule has 0 aliphatic rings. The predicted molar refractivity (Wildman–Crippen MR) is 68.5 cm³/mol. The summed E-state index contributed by atoms with van der Waals surface area (Å²) in [7, 11) is 0. The second-order valence-corrected chi connectivity index (χ2v) is 4.16. The minimum absolute atomic E-state index is 0.0313. The molecule has 3 aromatic carbocycles. The fraction of sp³-hybridized carbons (Fsp3) is 0. The van der Waals surface area contributed by atoms with Gasteiger partial charge in [-0.05, 0) is 28.3 Å². The van der Waals surface area contributed by atoms with Crippen LogP contribution in [0.15, 0.2) is 48.5 Å². The Morgan fingerprint density at radius 3 is 2.44 bits per heavy atom. The maximum Gasteiger partial charge on any atom is 0.335 e. The van der Waals surface area contributed by atoms with E-state index in [0.29, 0.717) is 10.8 Å². The third-order valence-electron chi connectivity index (χ3n) is 3.07. The summed E-state index contributed by atoms with van der Waals surface area (Å²) in [6.07, 6.45) is 0. The maximum atomic E-state index is 11.9. The second-order valence-electron chi connectivity index (χ2n) is 4.16. The summed E-state index contributed by atoms with van der Waals surface area (Å²) >= 11 is 0. The van der Waals surface area contributed by atoms with Gasteiger partial charge in [0.05, 0.1) is 5.56 Å². The predicted octanol–water partition coefficient (Wildman–Crippen LogP) is 3.84. The molecule has 0 aliphatic heterocycles. The maximum absolute atomic E-state index is 11.9. The Morgan fingerprint density at radius 1 is 0.889 bits per heavy atom. The van der Waals surface area contributed by atoms with E-state index >= 15 is 0 Å². The van der Waals surface area contributed by atoms with E-state index < -0.39 is 5.97 Å². The topological polar surface area (TPSA) is 57.2 Å². The molecule has 0 unspecified atom stereocenters. The minimum atomic E-state index is -1.08. The highest BCUT2D eigenvalue weighted by Gasteiger charge is 2.11. The summed E-state index contributed by atoms with van der Waals surface area (Å²) in [5.41, 5.74) is 0.0313. The fourth-order valence-corrected chi connectivity index (χ4v) is 2.21. The third kappa shape index (κ3) is 1.49. The van der Waals surface area contributed by atoms with E-state index in [-0.39, 0.29) is 11.3 Å². The van der Waals surface area contributed by atoms with Gasteiger partial charge in [-0.2, -0.15) is 0 Å². The summed E-state index contributed by atoms with van der Waals surface area (Å²) in [6, 6.07) is 14.0. The van der Waals surface area contributed by atoms with E-state index in [9.17, 15) is 9.90 Å². The molecule has 1 radical (unpaired) electrons. The van der Waals surface area contributed by atoms with Crippen LogP contribution in [-0.4, -0.2) is 11.1 Å². The molecule has 3 heteroatoms. The highest BCUT2D eigenvalue weighted by atomic mass is 16.4. The molecule has 3 nitrogen and oxygen atoms in total. The zero-order valence-electron chi connectivity index (χ0n) is 9.38. The molecule has 3 aromatic rings. The number of carboxylic acid groups (broad SMARTS) is 1. The van der Waals surface area contributed by atoms with Crippen LogP contribution >= 0.6 is 0 Å². The van der Waals surface area contributed by atoms with Crippen LogP contribution in [0, 0.1) is 0 Å². The lowest BCUT2D eigenvalue weighted by Gasteiger charge is -2.05. The minimum Gasteiger partial charge on any atom is -0.478 e. The standard InChI is InChI=1S/C15H9O3/c16-14-8-10(15(17)18)7-13-11-4-2-1-3-9(11)5-6-12(13)14/h1-8H,(H,17,18). The average Bonchev–Trinajstić information content (AvgIpc) is 2.38. The number of benzene rings is 3. The van der Waals surface area contributed by atoms with Gasteiger partial charge < -0.3 is 5.11 Å². The summed E-state index contributed by atoms with van der Waals surface area (Å²) in [5, 5.41) is 24.0. The van der Waals surface area contributed by atoms with Crippen molar-refractivity contribution < 1.29 is 15.0 Å². The molecular formula is C15H9O3. The summed E-state index contributed by atoms with van der Waals surface area (Å²) in [4.78, 5) is 11.0. The first-order valence-corrected chi connectivity index (χ1v) is 5.52. The van der Waals surface area contributed by atoms with E-state index in [4.69, 9.17) is 5.11 Å². The lowest BCUT2D eigenvalue weighted by atomic mass is 9.99. The molecule has 0 saturated heterocycles. The number of aromatic carboxylic acids is 1. The van der Waals surface area contributed by atoms with Crippen LogP contribution in [0.3, 0.4) is 0 Å². The Bertz CT molecular complexity index is 775. The van der Waals surface area contributed by atoms with Crippen molar-refractivity contribution >= 4 is 27.5 Å². The van der Waals surface area contributed by atoms with Crippen LogP contribution in [0.5, 0.6) is 5.75 Å². The lowest BCUT2D eigenvalue weighted by Crippen LogP contribution is -1.95. The van der Waals surface area contributed by atoms with Gasteiger partial charge >= 0.3 is 5.97 Å². The van der Waals surface area contributed by atoms with Crippen molar-refractivity contribution in [3.8, 4) is 5.75 Å². The highest BCUT2D eigenvalue weighted by molar-refractivity contribution is 6.11. The number of hydrogen-bond donors (Lipinski definition) is 1. The van der Waals surface area contributed by atoms with Gasteiger partial charge in [0.15, 0.2) is 5.75 Å². The number of fused-ring (bicyclic) bond motifs is 3. The summed E-state index contributed by atoms with van der Waals surface area (Å²) in [5.74, 6) is -1.34. The molecular weight excluding hydrogens is 228 g/mol. The Kier molecular flexibility index (Phi) is 2.20. The summed E-state index contributed by atoms with van der Waals surface area (Å²) in [6.45, 7) is 0. The molecule has 87 valence electrons. The first kappa shape index (κ1) is 10.6. The van der Waals surface area contributed by atoms with E-state index in [1.165, 1.54) is 6.07 Å². The van der Waals surface area contributed by atoms with Gasteiger partial charge in [-0.25, -0.2) is 4.79 Å². The van der Waals surface area contributed by atoms with Gasteiger partial charge in [0.25, 0.3) is 0 Å². The largest absolute Gasteiger partial charge is 0.478 e. The van der Waals surface area contributed by atoms with Crippen LogP contribution in [0.2, 0.25) is 0 Å². The molecule has 0 atom stereocenters. The van der Waals surface area contributed by atoms with Crippen molar-refractivity contribution in [2.45, 2.75) is 0 Å². The van der Waals surface area contributed by atoms with E-state index in [1.807, 2.05) is 30.3 Å². The zero-order valence-corrected chi connectivity index (χ0v) is 9.38. The molecule has 0 fully saturated rings. The molecule has 0 spiro atoms. The van der Waals surface area contributed by atoms with Gasteiger partial charge in [0, 0.05) is 11.5 Å². The fourth-order valence-electron chi connectivity index (χ4n) is 2.21. The van der Waals surface area contributed by atoms with Crippen molar-refractivity contribution in [3.05, 3.63) is 54.1 Å². The van der Waals surface area contributed by atoms with Crippen molar-refractivity contribution in [1.82, 2.24) is 0 Å². The van der Waals surface area contributed by atoms with Crippen molar-refractivity contribution in [2.24, 2.45) is 0 Å². The molecule has 18 heavy (non-hydrogen) atoms. The Morgan fingerprint density at radius 2 is 1.67 bits per heavy atom. The van der Waals surface area contributed by atoms with Crippen LogP contribution in [0.25, 0.3) is 21.5 Å². The van der Waals surface area contributed by atoms with Crippen molar-refractivity contribution in [2.75, 3.05) is 0 Å². The Balaban J connectivity index is 2.51. The monoisotopic (exact) mass is 237 g/mol. The molecule has 0 aromatic heterocycles. The quantitative estimate of drug-likeness (QED) is 0.654. The first-order valence-electron chi connectivity index (χ1n) is 5.52. The lowest BCUT2D eigenvalue weighted by molar-refractivity contribution is 0.0696. The molecule has 0 saturated carbocycles. The average molecular weight is 237 g/mol. The molecule has 1 N–H and O–H groups in total. The number of hydrogen-bond acceptors (Lipinski definition) is 1. The van der Waals surface area contributed by atoms with Crippen LogP contribution in [0.4, 0.5) is 0 Å². The van der Waals surface area contributed by atoms with Crippen LogP contribution in [0.1, 0.15) is 10.4 Å². The van der Waals surface area contributed by atoms with Crippen LogP contribution in [-0.2, 0) is 5.11 Å². The van der Waals surface area contributed by atoms with Gasteiger partial charge in [-0.15, -0.1) is 0 Å². The number of rotatable bonds is 1. The SMILES string of the molecule is [O]c1cc(C(=O)O)cc2c1ccc1ccccc12. The van der Waals surface area contributed by atoms with E-state index in [0.717, 1.165) is 10.8 Å². The van der Waals surface area contributed by atoms with Crippen molar-refractivity contribution in [1.29, 1.82) is 0 Å². The van der Waals surface area contributed by atoms with Gasteiger partial charge in [-0.3, -0.25) is 5.11 Å². The number of carbonyl (C=O) groups is 1. The molecule has 3 rings (SSSR count). The van der Waals surface area contributed by atoms with Crippen molar-refractivity contribution in [3.63, 3.8) is 0 Å². The molecule has 0 heterocycles. The molecule has 0 aliphatic carbocycles. The molecule has 0 bridgehead atoms. The van der Waals surface area contributed by atoms with Gasteiger partial charge in [0.1, 0.15) is 0 Å². The summed E-state index contributed by atoms with van der Waals surface area (Å²) < 4.78 is 0. The van der Waals surface area contributed by atoms with E-state index in [1.54, 1.807) is 12.1 Å². The Labute approximate surface area is 103 Å². The third-order valence-corrected chi connectivity index (χ3v) is 3.07. The van der Waals surface area contributed by atoms with Gasteiger partial charge in [0.2, 0.25) is 0 Å². The zero-order chi connectivity index (χ0) is 12.7. The van der Waals surface area contributed by atoms with Gasteiger partial charge in [-0.1, -0.05) is 30.3 Å². The first-order chi connectivity index (χ1) is 8.66. The smallest absolute Gasteiger partial charge is 0.335 e. The number of carboxylic acids is 1.